The maximum absolute atomic E-state index is 13.1. The van der Waals surface area contributed by atoms with E-state index < -0.39 is 77.9 Å². The van der Waals surface area contributed by atoms with Gasteiger partial charge in [0.1, 0.15) is 18.1 Å². The molecule has 0 bridgehead atoms. The Balaban J connectivity index is 3.49. The van der Waals surface area contributed by atoms with Crippen LogP contribution in [0.15, 0.2) is 0 Å². The number of carbonyl (C=O) groups is 5. The third kappa shape index (κ3) is 7.68. The second kappa shape index (κ2) is 12.7. The molecule has 3 amide bonds. The van der Waals surface area contributed by atoms with E-state index in [2.05, 4.69) is 16.0 Å². The highest BCUT2D eigenvalue weighted by Gasteiger charge is 2.39. The molecule has 1 rings (SSSR count). The average Bonchev–Trinajstić information content (AvgIpc) is 2.74. The van der Waals surface area contributed by atoms with Crippen LogP contribution in [0.2, 0.25) is 0 Å². The minimum absolute atomic E-state index is 0.348. The standard InChI is InChI=1S/C23H39N3O8/c1-9-12(6)15-23(32)34-18(11(4)5)21(30)26-16(14(8)27)19(28)24-13(7)22(31)33-17(10(2)3)20(29)25-15/h10-18,27H,9H2,1-8H3,(H,24,28)(H,25,29)(H,26,30). The highest BCUT2D eigenvalue weighted by atomic mass is 16.6. The number of hydrogen-bond acceptors (Lipinski definition) is 8. The molecule has 7 atom stereocenters. The summed E-state index contributed by atoms with van der Waals surface area (Å²) in [6.45, 7) is 12.9. The maximum Gasteiger partial charge on any atom is 0.329 e. The zero-order valence-electron chi connectivity index (χ0n) is 21.2. The first kappa shape index (κ1) is 29.3. The molecule has 194 valence electrons. The van der Waals surface area contributed by atoms with Crippen molar-refractivity contribution in [3.8, 4) is 0 Å². The molecule has 1 aliphatic heterocycles. The molecule has 34 heavy (non-hydrogen) atoms. The molecular weight excluding hydrogens is 446 g/mol. The molecule has 1 saturated heterocycles. The Kier molecular flexibility index (Phi) is 10.9. The van der Waals surface area contributed by atoms with Gasteiger partial charge in [-0.05, 0) is 31.6 Å². The van der Waals surface area contributed by atoms with Crippen molar-refractivity contribution in [1.29, 1.82) is 0 Å². The first-order chi connectivity index (χ1) is 15.7. The van der Waals surface area contributed by atoms with Crippen LogP contribution in [-0.2, 0) is 33.4 Å². The Labute approximate surface area is 200 Å². The lowest BCUT2D eigenvalue weighted by atomic mass is 9.97. The number of nitrogens with one attached hydrogen (secondary N) is 3. The fraction of sp³-hybridized carbons (Fsp3) is 0.783. The van der Waals surface area contributed by atoms with E-state index in [-0.39, 0.29) is 5.92 Å². The fourth-order valence-corrected chi connectivity index (χ4v) is 3.32. The van der Waals surface area contributed by atoms with Gasteiger partial charge in [0, 0.05) is 0 Å². The van der Waals surface area contributed by atoms with Crippen LogP contribution < -0.4 is 16.0 Å². The van der Waals surface area contributed by atoms with Crippen LogP contribution in [0.4, 0.5) is 0 Å². The first-order valence-electron chi connectivity index (χ1n) is 11.7. The summed E-state index contributed by atoms with van der Waals surface area (Å²) in [7, 11) is 0. The van der Waals surface area contributed by atoms with Crippen LogP contribution in [0.3, 0.4) is 0 Å². The van der Waals surface area contributed by atoms with Gasteiger partial charge in [-0.2, -0.15) is 0 Å². The summed E-state index contributed by atoms with van der Waals surface area (Å²) in [5.41, 5.74) is 0. The molecule has 4 N–H and O–H groups in total. The van der Waals surface area contributed by atoms with Crippen LogP contribution in [0, 0.1) is 17.8 Å². The van der Waals surface area contributed by atoms with Gasteiger partial charge in [-0.1, -0.05) is 48.0 Å². The number of amides is 3. The minimum Gasteiger partial charge on any atom is -0.450 e. The summed E-state index contributed by atoms with van der Waals surface area (Å²) in [5, 5.41) is 17.5. The van der Waals surface area contributed by atoms with E-state index in [0.29, 0.717) is 6.42 Å². The number of rotatable bonds is 5. The van der Waals surface area contributed by atoms with E-state index in [4.69, 9.17) is 9.47 Å². The van der Waals surface area contributed by atoms with Gasteiger partial charge in [-0.15, -0.1) is 0 Å². The fourth-order valence-electron chi connectivity index (χ4n) is 3.32. The van der Waals surface area contributed by atoms with E-state index in [1.165, 1.54) is 13.8 Å². The topological polar surface area (TPSA) is 160 Å². The van der Waals surface area contributed by atoms with Gasteiger partial charge in [0.05, 0.1) is 6.10 Å². The Morgan fingerprint density at radius 2 is 1.18 bits per heavy atom. The van der Waals surface area contributed by atoms with Crippen LogP contribution in [0.25, 0.3) is 0 Å². The van der Waals surface area contributed by atoms with Crippen molar-refractivity contribution in [3.63, 3.8) is 0 Å². The quantitative estimate of drug-likeness (QED) is 0.397. The Morgan fingerprint density at radius 3 is 1.59 bits per heavy atom. The smallest absolute Gasteiger partial charge is 0.329 e. The van der Waals surface area contributed by atoms with Gasteiger partial charge in [0.15, 0.2) is 12.2 Å². The summed E-state index contributed by atoms with van der Waals surface area (Å²) >= 11 is 0. The van der Waals surface area contributed by atoms with Crippen molar-refractivity contribution in [2.24, 2.45) is 17.8 Å². The molecule has 0 spiro atoms. The average molecular weight is 486 g/mol. The molecule has 0 aliphatic carbocycles. The van der Waals surface area contributed by atoms with Gasteiger partial charge in [0.25, 0.3) is 11.8 Å². The zero-order valence-corrected chi connectivity index (χ0v) is 21.2. The molecule has 7 unspecified atom stereocenters. The molecule has 1 aliphatic rings. The summed E-state index contributed by atoms with van der Waals surface area (Å²) in [4.78, 5) is 64.4. The summed E-state index contributed by atoms with van der Waals surface area (Å²) < 4.78 is 10.9. The summed E-state index contributed by atoms with van der Waals surface area (Å²) in [6, 6.07) is -3.69. The highest BCUT2D eigenvalue weighted by Crippen LogP contribution is 2.17. The molecule has 1 fully saturated rings. The van der Waals surface area contributed by atoms with Crippen molar-refractivity contribution in [3.05, 3.63) is 0 Å². The number of carbonyl (C=O) groups excluding carboxylic acids is 5. The van der Waals surface area contributed by atoms with Crippen LogP contribution in [0.5, 0.6) is 0 Å². The number of cyclic esters (lactones) is 2. The predicted octanol–water partition coefficient (Wildman–Crippen LogP) is 0.0368. The van der Waals surface area contributed by atoms with E-state index >= 15 is 0 Å². The van der Waals surface area contributed by atoms with Crippen molar-refractivity contribution in [2.75, 3.05) is 0 Å². The third-order valence-corrected chi connectivity index (χ3v) is 5.75. The molecule has 0 radical (unpaired) electrons. The van der Waals surface area contributed by atoms with Gasteiger partial charge < -0.3 is 30.5 Å². The molecule has 0 aromatic heterocycles. The first-order valence-corrected chi connectivity index (χ1v) is 11.7. The normalized spacial score (nSPS) is 29.7. The minimum atomic E-state index is -1.42. The Morgan fingerprint density at radius 1 is 0.735 bits per heavy atom. The lowest BCUT2D eigenvalue weighted by Crippen LogP contribution is -2.58. The zero-order chi connectivity index (χ0) is 26.3. The lowest BCUT2D eigenvalue weighted by Gasteiger charge is -2.29. The van der Waals surface area contributed by atoms with Crippen LogP contribution in [-0.4, -0.2) is 71.2 Å². The number of aliphatic hydroxyl groups is 1. The second-order valence-electron chi connectivity index (χ2n) is 9.53. The SMILES string of the molecule is CCC(C)C1NC(=O)C(C(C)C)OC(=O)C(C)NC(=O)C(C(C)O)NC(=O)C(C(C)C)OC1=O. The third-order valence-electron chi connectivity index (χ3n) is 5.75. The molecule has 1 heterocycles. The molecule has 0 aromatic rings. The second-order valence-corrected chi connectivity index (χ2v) is 9.53. The van der Waals surface area contributed by atoms with Crippen LogP contribution >= 0.6 is 0 Å². The molecule has 11 heteroatoms. The van der Waals surface area contributed by atoms with Gasteiger partial charge >= 0.3 is 11.9 Å². The molecule has 11 nitrogen and oxygen atoms in total. The van der Waals surface area contributed by atoms with Crippen LogP contribution in [0.1, 0.15) is 61.8 Å². The Hall–Kier alpha value is -2.69. The number of aliphatic hydroxyl groups excluding tert-OH is 1. The molecular formula is C23H39N3O8. The Bertz CT molecular complexity index is 767. The van der Waals surface area contributed by atoms with Crippen molar-refractivity contribution in [2.45, 2.75) is 98.2 Å². The maximum atomic E-state index is 13.1. The number of hydrogen-bond donors (Lipinski definition) is 4. The van der Waals surface area contributed by atoms with Crippen molar-refractivity contribution >= 4 is 29.7 Å². The molecule has 0 aromatic carbocycles. The highest BCUT2D eigenvalue weighted by molar-refractivity contribution is 5.94. The predicted molar refractivity (Wildman–Crippen MR) is 122 cm³/mol. The van der Waals surface area contributed by atoms with Gasteiger partial charge in [-0.25, -0.2) is 9.59 Å². The summed E-state index contributed by atoms with van der Waals surface area (Å²) in [5.74, 6) is -5.28. The number of ether oxygens (including phenoxy) is 2. The van der Waals surface area contributed by atoms with Crippen molar-refractivity contribution < 1.29 is 38.6 Å². The van der Waals surface area contributed by atoms with Crippen molar-refractivity contribution in [1.82, 2.24) is 16.0 Å². The summed E-state index contributed by atoms with van der Waals surface area (Å²) in [6.07, 6.45) is -3.31. The van der Waals surface area contributed by atoms with Gasteiger partial charge in [-0.3, -0.25) is 14.4 Å². The largest absolute Gasteiger partial charge is 0.450 e. The van der Waals surface area contributed by atoms with E-state index in [1.807, 2.05) is 6.92 Å². The number of esters is 2. The molecule has 0 saturated carbocycles. The van der Waals surface area contributed by atoms with E-state index in [0.717, 1.165) is 0 Å². The monoisotopic (exact) mass is 485 g/mol. The lowest BCUT2D eigenvalue weighted by molar-refractivity contribution is -0.165. The van der Waals surface area contributed by atoms with E-state index in [1.54, 1.807) is 34.6 Å². The van der Waals surface area contributed by atoms with E-state index in [9.17, 15) is 29.1 Å². The van der Waals surface area contributed by atoms with Gasteiger partial charge in [0.2, 0.25) is 5.91 Å².